The highest BCUT2D eigenvalue weighted by molar-refractivity contribution is 7.76. The Morgan fingerprint density at radius 1 is 0.660 bits per heavy atom. The topological polar surface area (TPSA) is 32.6 Å². The maximum absolute atomic E-state index is 12.4. The largest absolute Gasteiger partial charge is 0.507 e. The number of rotatable bonds is 6. The molecule has 0 amide bonds. The molecule has 4 aromatic rings. The Labute approximate surface area is 284 Å². The Morgan fingerprint density at radius 2 is 1.21 bits per heavy atom. The summed E-state index contributed by atoms with van der Waals surface area (Å²) in [5, 5.41) is 12.4. The van der Waals surface area contributed by atoms with E-state index < -0.39 is 7.92 Å². The Hall–Kier alpha value is -3.22. The van der Waals surface area contributed by atoms with E-state index in [2.05, 4.69) is 118 Å². The van der Waals surface area contributed by atoms with Gasteiger partial charge in [-0.2, -0.15) is 0 Å². The van der Waals surface area contributed by atoms with Crippen LogP contribution in [0.1, 0.15) is 103 Å². The molecule has 0 radical (unpaired) electrons. The average Bonchev–Trinajstić information content (AvgIpc) is 3.49. The zero-order valence-corrected chi connectivity index (χ0v) is 29.6. The second-order valence-electron chi connectivity index (χ2n) is 15.4. The summed E-state index contributed by atoms with van der Waals surface area (Å²) in [5.41, 5.74) is 9.94. The van der Waals surface area contributed by atoms with E-state index in [9.17, 15) is 5.11 Å². The van der Waals surface area contributed by atoms with E-state index >= 15 is 0 Å². The number of benzene rings is 4. The zero-order chi connectivity index (χ0) is 32.4. The summed E-state index contributed by atoms with van der Waals surface area (Å²) < 4.78 is 0. The molecule has 7 rings (SSSR count). The molecule has 2 saturated carbocycles. The van der Waals surface area contributed by atoms with Gasteiger partial charge >= 0.3 is 0 Å². The van der Waals surface area contributed by atoms with Gasteiger partial charge < -0.3 is 5.11 Å². The molecule has 2 unspecified atom stereocenters. The van der Waals surface area contributed by atoms with E-state index in [0.29, 0.717) is 11.7 Å². The van der Waals surface area contributed by atoms with Gasteiger partial charge in [-0.3, -0.25) is 4.99 Å². The number of nitrogens with zero attached hydrogens (tertiary/aromatic N) is 1. The van der Waals surface area contributed by atoms with Crippen molar-refractivity contribution in [3.8, 4) is 28.0 Å². The first-order valence-corrected chi connectivity index (χ1v) is 19.9. The number of hydrogen-bond donors (Lipinski definition) is 1. The summed E-state index contributed by atoms with van der Waals surface area (Å²) in [7, 11) is -0.460. The number of phenolic OH excluding ortho intramolecular Hbond substituents is 1. The molecule has 3 aliphatic rings. The fourth-order valence-corrected chi connectivity index (χ4v) is 12.8. The normalized spacial score (nSPS) is 23.7. The minimum Gasteiger partial charge on any atom is -0.507 e. The quantitative estimate of drug-likeness (QED) is 0.209. The van der Waals surface area contributed by atoms with Crippen molar-refractivity contribution in [1.29, 1.82) is 0 Å². The monoisotopic (exact) mass is 641 g/mol. The maximum atomic E-state index is 12.4. The van der Waals surface area contributed by atoms with Crippen molar-refractivity contribution in [2.24, 2.45) is 10.9 Å². The highest BCUT2D eigenvalue weighted by Crippen LogP contribution is 2.66. The lowest BCUT2D eigenvalue weighted by Gasteiger charge is -2.43. The molecule has 1 saturated heterocycles. The molecular weight excluding hydrogens is 589 g/mol. The van der Waals surface area contributed by atoms with Gasteiger partial charge in [0.25, 0.3) is 0 Å². The van der Waals surface area contributed by atoms with Crippen LogP contribution in [0.15, 0.2) is 102 Å². The molecule has 3 heteroatoms. The van der Waals surface area contributed by atoms with Crippen LogP contribution in [0, 0.1) is 5.92 Å². The summed E-state index contributed by atoms with van der Waals surface area (Å²) >= 11 is 0. The zero-order valence-electron chi connectivity index (χ0n) is 28.7. The molecule has 3 fully saturated rings. The predicted molar refractivity (Wildman–Crippen MR) is 203 cm³/mol. The molecule has 47 heavy (non-hydrogen) atoms. The van der Waals surface area contributed by atoms with Crippen molar-refractivity contribution in [3.05, 3.63) is 108 Å². The van der Waals surface area contributed by atoms with E-state index in [1.165, 1.54) is 98.1 Å². The van der Waals surface area contributed by atoms with E-state index in [0.717, 1.165) is 28.9 Å². The van der Waals surface area contributed by atoms with Crippen LogP contribution in [0.4, 0.5) is 5.69 Å². The smallest absolute Gasteiger partial charge is 0.123 e. The lowest BCUT2D eigenvalue weighted by Crippen LogP contribution is -2.41. The number of aromatic hydroxyl groups is 1. The fourth-order valence-electron chi connectivity index (χ4n) is 9.12. The fraction of sp³-hybridized carbons (Fsp3) is 0.432. The third kappa shape index (κ3) is 6.24. The van der Waals surface area contributed by atoms with Crippen molar-refractivity contribution in [3.63, 3.8) is 0 Å². The number of aliphatic imine (C=N–C) groups is 1. The molecule has 244 valence electrons. The molecule has 1 aliphatic heterocycles. The molecule has 1 heterocycles. The molecule has 2 atom stereocenters. The van der Waals surface area contributed by atoms with Gasteiger partial charge in [0, 0.05) is 22.1 Å². The van der Waals surface area contributed by atoms with E-state index in [4.69, 9.17) is 4.99 Å². The van der Waals surface area contributed by atoms with Gasteiger partial charge in [-0.05, 0) is 71.9 Å². The van der Waals surface area contributed by atoms with Gasteiger partial charge in [0.1, 0.15) is 5.75 Å². The van der Waals surface area contributed by atoms with Crippen molar-refractivity contribution in [2.45, 2.75) is 108 Å². The highest BCUT2D eigenvalue weighted by atomic mass is 31.1. The minimum absolute atomic E-state index is 0.141. The second-order valence-corrected chi connectivity index (χ2v) is 17.9. The van der Waals surface area contributed by atoms with Crippen LogP contribution in [0.2, 0.25) is 0 Å². The molecule has 0 bridgehead atoms. The first-order valence-electron chi connectivity index (χ1n) is 18.3. The van der Waals surface area contributed by atoms with Gasteiger partial charge in [-0.1, -0.05) is 164 Å². The third-order valence-electron chi connectivity index (χ3n) is 11.5. The summed E-state index contributed by atoms with van der Waals surface area (Å²) in [6, 6.07) is 35.2. The van der Waals surface area contributed by atoms with Crippen LogP contribution >= 0.6 is 7.92 Å². The third-order valence-corrected chi connectivity index (χ3v) is 14.6. The maximum Gasteiger partial charge on any atom is 0.123 e. The standard InChI is InChI=1S/C44H52NOP/c1-43(2,3)38-28-17-29-39(41(38)46)44(34-22-12-6-13-23-34)30-31-47(35-24-14-7-15-25-35)42(44)45-40-36(32-18-8-4-9-19-32)26-16-27-37(40)33-20-10-5-11-21-33/h4-5,8-11,16-21,26-29,34-35,46H,6-7,12-15,22-25,30-31H2,1-3H3. The van der Waals surface area contributed by atoms with Crippen molar-refractivity contribution < 1.29 is 5.11 Å². The Balaban J connectivity index is 1.54. The van der Waals surface area contributed by atoms with Crippen molar-refractivity contribution >= 4 is 19.1 Å². The van der Waals surface area contributed by atoms with Gasteiger partial charge in [0.05, 0.1) is 11.1 Å². The van der Waals surface area contributed by atoms with Crippen molar-refractivity contribution in [1.82, 2.24) is 0 Å². The highest BCUT2D eigenvalue weighted by Gasteiger charge is 2.54. The summed E-state index contributed by atoms with van der Waals surface area (Å²) in [4.78, 5) is 6.14. The van der Waals surface area contributed by atoms with E-state index in [-0.39, 0.29) is 10.8 Å². The molecule has 2 aliphatic carbocycles. The Morgan fingerprint density at radius 3 is 1.79 bits per heavy atom. The number of para-hydroxylation sites is 2. The van der Waals surface area contributed by atoms with Crippen molar-refractivity contribution in [2.75, 3.05) is 6.16 Å². The Bertz CT molecular complexity index is 1630. The van der Waals surface area contributed by atoms with Gasteiger partial charge in [-0.25, -0.2) is 0 Å². The summed E-state index contributed by atoms with van der Waals surface area (Å²) in [6.45, 7) is 6.71. The van der Waals surface area contributed by atoms with E-state index in [1.807, 2.05) is 0 Å². The molecule has 0 spiro atoms. The average molecular weight is 642 g/mol. The molecule has 4 aromatic carbocycles. The van der Waals surface area contributed by atoms with Crippen LogP contribution in [0.3, 0.4) is 0 Å². The lowest BCUT2D eigenvalue weighted by atomic mass is 9.63. The lowest BCUT2D eigenvalue weighted by molar-refractivity contribution is 0.256. The minimum atomic E-state index is -0.460. The predicted octanol–water partition coefficient (Wildman–Crippen LogP) is 12.8. The molecular formula is C44H52NOP. The van der Waals surface area contributed by atoms with Gasteiger partial charge in [0.2, 0.25) is 0 Å². The van der Waals surface area contributed by atoms with Gasteiger partial charge in [0.15, 0.2) is 0 Å². The molecule has 0 aromatic heterocycles. The summed E-state index contributed by atoms with van der Waals surface area (Å²) in [5.74, 6) is 1.02. The number of hydrogen-bond acceptors (Lipinski definition) is 2. The van der Waals surface area contributed by atoms with E-state index in [1.54, 1.807) is 0 Å². The summed E-state index contributed by atoms with van der Waals surface area (Å²) in [6.07, 6.45) is 15.3. The molecule has 1 N–H and O–H groups in total. The van der Waals surface area contributed by atoms with Crippen LogP contribution < -0.4 is 0 Å². The van der Waals surface area contributed by atoms with Crippen LogP contribution in [-0.2, 0) is 10.8 Å². The number of phenols is 1. The van der Waals surface area contributed by atoms with Gasteiger partial charge in [-0.15, -0.1) is 0 Å². The molecule has 2 nitrogen and oxygen atoms in total. The Kier molecular flexibility index (Phi) is 9.44. The van der Waals surface area contributed by atoms with Crippen LogP contribution in [0.25, 0.3) is 22.3 Å². The van der Waals surface area contributed by atoms with Crippen LogP contribution in [-0.4, -0.2) is 22.4 Å². The first-order chi connectivity index (χ1) is 22.9. The second kappa shape index (κ2) is 13.7. The van der Waals surface area contributed by atoms with Crippen LogP contribution in [0.5, 0.6) is 5.75 Å². The first kappa shape index (κ1) is 32.3. The SMILES string of the molecule is CC(C)(C)c1cccc(C2(C3CCCCC3)CCP(C3CCCCC3)C2=Nc2c(-c3ccccc3)cccc2-c2ccccc2)c1O.